The van der Waals surface area contributed by atoms with Crippen LogP contribution in [0.25, 0.3) is 33.3 Å². The molecule has 4 nitrogen and oxygen atoms in total. The van der Waals surface area contributed by atoms with Crippen molar-refractivity contribution in [3.8, 4) is 17.2 Å². The molecule has 0 radical (unpaired) electrons. The lowest BCUT2D eigenvalue weighted by Gasteiger charge is -2.10. The van der Waals surface area contributed by atoms with Crippen LogP contribution in [0.3, 0.4) is 0 Å². The average Bonchev–Trinajstić information content (AvgIpc) is 3.19. The first kappa shape index (κ1) is 16.4. The lowest BCUT2D eigenvalue weighted by atomic mass is 10.1. The fourth-order valence-electron chi connectivity index (χ4n) is 3.39. The van der Waals surface area contributed by atoms with Crippen molar-refractivity contribution in [1.82, 2.24) is 4.98 Å². The van der Waals surface area contributed by atoms with E-state index >= 15 is 0 Å². The number of benzene rings is 4. The topological polar surface area (TPSA) is 47.3 Å². The van der Waals surface area contributed by atoms with Gasteiger partial charge in [0.25, 0.3) is 0 Å². The van der Waals surface area contributed by atoms with Crippen molar-refractivity contribution in [1.29, 1.82) is 0 Å². The zero-order valence-corrected chi connectivity index (χ0v) is 15.3. The molecular weight excluding hydrogens is 348 g/mol. The molecule has 28 heavy (non-hydrogen) atoms. The molecule has 0 amide bonds. The van der Waals surface area contributed by atoms with Crippen LogP contribution < -0.4 is 10.1 Å². The maximum Gasteiger partial charge on any atom is 0.227 e. The Morgan fingerprint density at radius 3 is 2.29 bits per heavy atom. The van der Waals surface area contributed by atoms with E-state index < -0.39 is 0 Å². The number of methoxy groups -OCH3 is 1. The highest BCUT2D eigenvalue weighted by molar-refractivity contribution is 6.10. The van der Waals surface area contributed by atoms with Gasteiger partial charge in [-0.3, -0.25) is 0 Å². The Balaban J connectivity index is 1.65. The molecule has 0 aliphatic carbocycles. The van der Waals surface area contributed by atoms with Gasteiger partial charge in [-0.2, -0.15) is 0 Å². The maximum absolute atomic E-state index is 6.11. The summed E-state index contributed by atoms with van der Waals surface area (Å²) in [4.78, 5) is 4.77. The average molecular weight is 366 g/mol. The molecular formula is C24H18N2O2. The summed E-state index contributed by atoms with van der Waals surface area (Å²) in [5, 5.41) is 5.65. The maximum atomic E-state index is 6.11. The van der Waals surface area contributed by atoms with Gasteiger partial charge in [0, 0.05) is 28.1 Å². The number of oxazole rings is 1. The quantitative estimate of drug-likeness (QED) is 0.400. The molecule has 4 heteroatoms. The van der Waals surface area contributed by atoms with Crippen LogP contribution >= 0.6 is 0 Å². The van der Waals surface area contributed by atoms with Crippen LogP contribution in [0.1, 0.15) is 0 Å². The molecule has 136 valence electrons. The Hall–Kier alpha value is -3.79. The Morgan fingerprint density at radius 2 is 1.54 bits per heavy atom. The van der Waals surface area contributed by atoms with Gasteiger partial charge < -0.3 is 14.5 Å². The van der Waals surface area contributed by atoms with Crippen LogP contribution in [-0.4, -0.2) is 12.1 Å². The van der Waals surface area contributed by atoms with E-state index in [0.29, 0.717) is 5.89 Å². The third-order valence-electron chi connectivity index (χ3n) is 4.79. The van der Waals surface area contributed by atoms with Gasteiger partial charge in [-0.15, -0.1) is 0 Å². The Bertz CT molecular complexity index is 1260. The van der Waals surface area contributed by atoms with E-state index in [-0.39, 0.29) is 0 Å². The fourth-order valence-corrected chi connectivity index (χ4v) is 3.39. The monoisotopic (exact) mass is 366 g/mol. The number of aromatic nitrogens is 1. The summed E-state index contributed by atoms with van der Waals surface area (Å²) in [7, 11) is 1.66. The van der Waals surface area contributed by atoms with E-state index in [1.165, 1.54) is 0 Å². The van der Waals surface area contributed by atoms with Crippen LogP contribution in [0.5, 0.6) is 5.75 Å². The number of rotatable bonds is 4. The van der Waals surface area contributed by atoms with E-state index in [0.717, 1.165) is 44.6 Å². The smallest absolute Gasteiger partial charge is 0.227 e. The number of fused-ring (bicyclic) bond motifs is 3. The molecule has 4 aromatic carbocycles. The summed E-state index contributed by atoms with van der Waals surface area (Å²) in [6.45, 7) is 0. The zero-order valence-electron chi connectivity index (χ0n) is 15.3. The second-order valence-electron chi connectivity index (χ2n) is 6.55. The van der Waals surface area contributed by atoms with Crippen molar-refractivity contribution >= 4 is 33.2 Å². The molecule has 0 spiro atoms. The SMILES string of the molecule is COc1ccc(Nc2cc3oc(-c4ccccc4)nc3c3ccccc23)cc1. The number of nitrogens with one attached hydrogen (secondary N) is 1. The highest BCUT2D eigenvalue weighted by Gasteiger charge is 2.14. The van der Waals surface area contributed by atoms with E-state index in [9.17, 15) is 0 Å². The van der Waals surface area contributed by atoms with Gasteiger partial charge in [-0.1, -0.05) is 42.5 Å². The van der Waals surface area contributed by atoms with Crippen molar-refractivity contribution in [2.45, 2.75) is 0 Å². The highest BCUT2D eigenvalue weighted by Crippen LogP contribution is 2.35. The summed E-state index contributed by atoms with van der Waals surface area (Å²) in [5.41, 5.74) is 4.55. The summed E-state index contributed by atoms with van der Waals surface area (Å²) in [6, 6.07) is 28.1. The second-order valence-corrected chi connectivity index (χ2v) is 6.55. The third kappa shape index (κ3) is 2.85. The number of nitrogens with zero attached hydrogens (tertiary/aromatic N) is 1. The van der Waals surface area contributed by atoms with Crippen LogP contribution in [0.2, 0.25) is 0 Å². The molecule has 5 rings (SSSR count). The molecule has 0 saturated carbocycles. The van der Waals surface area contributed by atoms with Crippen molar-refractivity contribution in [3.63, 3.8) is 0 Å². The molecule has 0 aliphatic heterocycles. The number of anilines is 2. The van der Waals surface area contributed by atoms with Gasteiger partial charge in [0.05, 0.1) is 12.8 Å². The van der Waals surface area contributed by atoms with E-state index in [2.05, 4.69) is 17.4 Å². The van der Waals surface area contributed by atoms with Crippen LogP contribution in [0.4, 0.5) is 11.4 Å². The summed E-state index contributed by atoms with van der Waals surface area (Å²) in [5.74, 6) is 1.45. The van der Waals surface area contributed by atoms with Gasteiger partial charge in [0.2, 0.25) is 5.89 Å². The molecule has 1 aromatic heterocycles. The van der Waals surface area contributed by atoms with Crippen molar-refractivity contribution < 1.29 is 9.15 Å². The minimum absolute atomic E-state index is 0.627. The molecule has 1 heterocycles. The van der Waals surface area contributed by atoms with Crippen LogP contribution in [-0.2, 0) is 0 Å². The Kier molecular flexibility index (Phi) is 3.95. The molecule has 1 N–H and O–H groups in total. The highest BCUT2D eigenvalue weighted by atomic mass is 16.5. The number of hydrogen-bond donors (Lipinski definition) is 1. The number of hydrogen-bond acceptors (Lipinski definition) is 4. The van der Waals surface area contributed by atoms with Crippen LogP contribution in [0, 0.1) is 0 Å². The van der Waals surface area contributed by atoms with E-state index in [1.807, 2.05) is 72.8 Å². The van der Waals surface area contributed by atoms with Gasteiger partial charge in [-0.25, -0.2) is 4.98 Å². The molecule has 0 fully saturated rings. The van der Waals surface area contributed by atoms with Crippen molar-refractivity contribution in [3.05, 3.63) is 84.9 Å². The largest absolute Gasteiger partial charge is 0.497 e. The lowest BCUT2D eigenvalue weighted by molar-refractivity contribution is 0.415. The van der Waals surface area contributed by atoms with E-state index in [4.69, 9.17) is 14.1 Å². The van der Waals surface area contributed by atoms with Crippen LogP contribution in [0.15, 0.2) is 89.3 Å². The third-order valence-corrected chi connectivity index (χ3v) is 4.79. The molecule has 0 aliphatic rings. The van der Waals surface area contributed by atoms with Gasteiger partial charge >= 0.3 is 0 Å². The predicted octanol–water partition coefficient (Wildman–Crippen LogP) is 6.40. The molecule has 0 unspecified atom stereocenters. The van der Waals surface area contributed by atoms with Gasteiger partial charge in [0.1, 0.15) is 11.3 Å². The first-order chi connectivity index (χ1) is 13.8. The number of ether oxygens (including phenoxy) is 1. The zero-order chi connectivity index (χ0) is 18.9. The summed E-state index contributed by atoms with van der Waals surface area (Å²) < 4.78 is 11.3. The Labute approximate surface area is 162 Å². The molecule has 0 atom stereocenters. The lowest BCUT2D eigenvalue weighted by Crippen LogP contribution is -1.92. The minimum atomic E-state index is 0.627. The Morgan fingerprint density at radius 1 is 0.821 bits per heavy atom. The first-order valence-corrected chi connectivity index (χ1v) is 9.10. The normalized spacial score (nSPS) is 11.0. The predicted molar refractivity (Wildman–Crippen MR) is 113 cm³/mol. The molecule has 0 bridgehead atoms. The van der Waals surface area contributed by atoms with Gasteiger partial charge in [-0.05, 0) is 36.4 Å². The second kappa shape index (κ2) is 6.74. The minimum Gasteiger partial charge on any atom is -0.497 e. The molecule has 5 aromatic rings. The summed E-state index contributed by atoms with van der Waals surface area (Å²) in [6.07, 6.45) is 0. The van der Waals surface area contributed by atoms with Crippen molar-refractivity contribution in [2.24, 2.45) is 0 Å². The first-order valence-electron chi connectivity index (χ1n) is 9.10. The molecule has 0 saturated heterocycles. The van der Waals surface area contributed by atoms with E-state index in [1.54, 1.807) is 7.11 Å². The van der Waals surface area contributed by atoms with Gasteiger partial charge in [0.15, 0.2) is 5.58 Å². The standard InChI is InChI=1S/C24H18N2O2/c1-27-18-13-11-17(12-14-18)25-21-15-22-23(20-10-6-5-9-19(20)21)26-24(28-22)16-7-3-2-4-8-16/h2-15,25H,1H3. The van der Waals surface area contributed by atoms with Crippen molar-refractivity contribution in [2.75, 3.05) is 12.4 Å². The fraction of sp³-hybridized carbons (Fsp3) is 0.0417. The summed E-state index contributed by atoms with van der Waals surface area (Å²) >= 11 is 0.